The van der Waals surface area contributed by atoms with E-state index in [4.69, 9.17) is 9.47 Å². The lowest BCUT2D eigenvalue weighted by Gasteiger charge is -2.26. The largest absolute Gasteiger partial charge is 0.493 e. The van der Waals surface area contributed by atoms with Gasteiger partial charge in [0.1, 0.15) is 0 Å². The van der Waals surface area contributed by atoms with Gasteiger partial charge in [0, 0.05) is 13.2 Å². The van der Waals surface area contributed by atoms with Crippen molar-refractivity contribution >= 4 is 0 Å². The molecular formula is C16H29N3O2. The first-order chi connectivity index (χ1) is 10.3. The maximum atomic E-state index is 5.86. The molecule has 0 aromatic carbocycles. The van der Waals surface area contributed by atoms with E-state index in [1.165, 1.54) is 19.3 Å². The number of hydrogen-bond acceptors (Lipinski definition) is 4. The Labute approximate surface area is 128 Å². The van der Waals surface area contributed by atoms with E-state index in [0.29, 0.717) is 6.10 Å². The first kappa shape index (κ1) is 16.3. The van der Waals surface area contributed by atoms with E-state index in [1.807, 2.05) is 10.9 Å². The average molecular weight is 295 g/mol. The van der Waals surface area contributed by atoms with E-state index in [2.05, 4.69) is 24.3 Å². The zero-order chi connectivity index (χ0) is 15.1. The molecule has 5 nitrogen and oxygen atoms in total. The van der Waals surface area contributed by atoms with Gasteiger partial charge in [0.05, 0.1) is 31.1 Å². The third-order valence-corrected chi connectivity index (χ3v) is 4.20. The fraction of sp³-hybridized carbons (Fsp3) is 0.812. The molecule has 0 amide bonds. The Bertz CT molecular complexity index is 392. The smallest absolute Gasteiger partial charge is 0.161 e. The Morgan fingerprint density at radius 1 is 1.48 bits per heavy atom. The van der Waals surface area contributed by atoms with Crippen molar-refractivity contribution in [1.29, 1.82) is 0 Å². The molecule has 2 rings (SSSR count). The van der Waals surface area contributed by atoms with Gasteiger partial charge in [-0.15, -0.1) is 0 Å². The predicted molar refractivity (Wildman–Crippen MR) is 83.7 cm³/mol. The fourth-order valence-electron chi connectivity index (χ4n) is 3.11. The zero-order valence-corrected chi connectivity index (χ0v) is 13.6. The third-order valence-electron chi connectivity index (χ3n) is 4.20. The van der Waals surface area contributed by atoms with Crippen LogP contribution in [0.1, 0.15) is 57.7 Å². The standard InChI is InChI=1S/C16H29N3O2/c1-4-17-14(10-9-13-8-6-7-11-21-13)16-15(20-3)12-18-19(16)5-2/h12-14,17H,4-11H2,1-3H3. The van der Waals surface area contributed by atoms with E-state index in [1.54, 1.807) is 7.11 Å². The second-order valence-corrected chi connectivity index (χ2v) is 5.59. The Hall–Kier alpha value is -1.07. The van der Waals surface area contributed by atoms with Crippen LogP contribution in [0.3, 0.4) is 0 Å². The quantitative estimate of drug-likeness (QED) is 0.801. The molecule has 1 fully saturated rings. The molecule has 0 saturated carbocycles. The van der Waals surface area contributed by atoms with Gasteiger partial charge in [0.15, 0.2) is 5.75 Å². The van der Waals surface area contributed by atoms with Gasteiger partial charge in [-0.25, -0.2) is 0 Å². The number of nitrogens with zero attached hydrogens (tertiary/aromatic N) is 2. The van der Waals surface area contributed by atoms with Crippen LogP contribution in [0.2, 0.25) is 0 Å². The lowest BCUT2D eigenvalue weighted by Crippen LogP contribution is -2.27. The normalized spacial score (nSPS) is 20.4. The van der Waals surface area contributed by atoms with Crippen LogP contribution in [0.4, 0.5) is 0 Å². The van der Waals surface area contributed by atoms with Crippen LogP contribution in [-0.4, -0.2) is 36.1 Å². The summed E-state index contributed by atoms with van der Waals surface area (Å²) >= 11 is 0. The van der Waals surface area contributed by atoms with Crippen LogP contribution in [-0.2, 0) is 11.3 Å². The average Bonchev–Trinajstić information content (AvgIpc) is 2.95. The van der Waals surface area contributed by atoms with Crippen molar-refractivity contribution < 1.29 is 9.47 Å². The molecule has 1 saturated heterocycles. The summed E-state index contributed by atoms with van der Waals surface area (Å²) in [6.07, 6.45) is 8.10. The minimum absolute atomic E-state index is 0.276. The van der Waals surface area contributed by atoms with Crippen molar-refractivity contribution in [2.45, 2.75) is 64.6 Å². The summed E-state index contributed by atoms with van der Waals surface area (Å²) in [6.45, 7) is 6.98. The molecular weight excluding hydrogens is 266 g/mol. The summed E-state index contributed by atoms with van der Waals surface area (Å²) in [6, 6.07) is 0.276. The lowest BCUT2D eigenvalue weighted by atomic mass is 9.99. The minimum atomic E-state index is 0.276. The molecule has 21 heavy (non-hydrogen) atoms. The zero-order valence-electron chi connectivity index (χ0n) is 13.6. The van der Waals surface area contributed by atoms with Crippen LogP contribution in [0.25, 0.3) is 0 Å². The van der Waals surface area contributed by atoms with Gasteiger partial charge in [-0.2, -0.15) is 5.10 Å². The second-order valence-electron chi connectivity index (χ2n) is 5.59. The summed E-state index contributed by atoms with van der Waals surface area (Å²) in [7, 11) is 1.72. The molecule has 1 aliphatic rings. The maximum absolute atomic E-state index is 5.86. The van der Waals surface area contributed by atoms with Crippen molar-refractivity contribution in [1.82, 2.24) is 15.1 Å². The summed E-state index contributed by atoms with van der Waals surface area (Å²) in [5.41, 5.74) is 1.16. The molecule has 2 unspecified atom stereocenters. The molecule has 1 N–H and O–H groups in total. The summed E-state index contributed by atoms with van der Waals surface area (Å²) in [5.74, 6) is 0.882. The molecule has 2 atom stereocenters. The van der Waals surface area contributed by atoms with Gasteiger partial charge in [0.2, 0.25) is 0 Å². The number of ether oxygens (including phenoxy) is 2. The number of nitrogens with one attached hydrogen (secondary N) is 1. The van der Waals surface area contributed by atoms with Crippen molar-refractivity contribution in [2.75, 3.05) is 20.3 Å². The number of aromatic nitrogens is 2. The molecule has 1 aliphatic heterocycles. The van der Waals surface area contributed by atoms with Crippen molar-refractivity contribution in [3.8, 4) is 5.75 Å². The fourth-order valence-corrected chi connectivity index (χ4v) is 3.11. The molecule has 120 valence electrons. The highest BCUT2D eigenvalue weighted by Gasteiger charge is 2.23. The van der Waals surface area contributed by atoms with Gasteiger partial charge in [0.25, 0.3) is 0 Å². The molecule has 1 aromatic heterocycles. The Balaban J connectivity index is 2.04. The van der Waals surface area contributed by atoms with Crippen LogP contribution in [0.15, 0.2) is 6.20 Å². The van der Waals surface area contributed by atoms with E-state index in [0.717, 1.165) is 44.0 Å². The van der Waals surface area contributed by atoms with Gasteiger partial charge >= 0.3 is 0 Å². The molecule has 5 heteroatoms. The van der Waals surface area contributed by atoms with Crippen LogP contribution in [0, 0.1) is 0 Å². The summed E-state index contributed by atoms with van der Waals surface area (Å²) in [5, 5.41) is 8.00. The molecule has 0 aliphatic carbocycles. The molecule has 0 spiro atoms. The highest BCUT2D eigenvalue weighted by molar-refractivity contribution is 5.28. The van der Waals surface area contributed by atoms with Crippen LogP contribution < -0.4 is 10.1 Å². The first-order valence-corrected chi connectivity index (χ1v) is 8.24. The molecule has 0 bridgehead atoms. The summed E-state index contributed by atoms with van der Waals surface area (Å²) < 4.78 is 13.4. The van der Waals surface area contributed by atoms with Gasteiger partial charge in [-0.05, 0) is 45.6 Å². The Kier molecular flexibility index (Phi) is 6.51. The van der Waals surface area contributed by atoms with E-state index >= 15 is 0 Å². The van der Waals surface area contributed by atoms with E-state index in [-0.39, 0.29) is 6.04 Å². The maximum Gasteiger partial charge on any atom is 0.161 e. The predicted octanol–water partition coefficient (Wildman–Crippen LogP) is 2.91. The van der Waals surface area contributed by atoms with Crippen molar-refractivity contribution in [3.63, 3.8) is 0 Å². The highest BCUT2D eigenvalue weighted by Crippen LogP contribution is 2.30. The monoisotopic (exact) mass is 295 g/mol. The van der Waals surface area contributed by atoms with Gasteiger partial charge < -0.3 is 14.8 Å². The topological polar surface area (TPSA) is 48.3 Å². The molecule has 2 heterocycles. The molecule has 0 radical (unpaired) electrons. The van der Waals surface area contributed by atoms with Crippen LogP contribution in [0.5, 0.6) is 5.75 Å². The SMILES string of the molecule is CCNC(CCC1CCCCO1)c1c(OC)cnn1CC. The van der Waals surface area contributed by atoms with Crippen molar-refractivity contribution in [3.05, 3.63) is 11.9 Å². The number of rotatable bonds is 8. The number of hydrogen-bond donors (Lipinski definition) is 1. The number of aryl methyl sites for hydroxylation is 1. The minimum Gasteiger partial charge on any atom is -0.493 e. The van der Waals surface area contributed by atoms with Gasteiger partial charge in [-0.1, -0.05) is 6.92 Å². The van der Waals surface area contributed by atoms with E-state index < -0.39 is 0 Å². The highest BCUT2D eigenvalue weighted by atomic mass is 16.5. The van der Waals surface area contributed by atoms with Gasteiger partial charge in [-0.3, -0.25) is 4.68 Å². The van der Waals surface area contributed by atoms with Crippen molar-refractivity contribution in [2.24, 2.45) is 0 Å². The van der Waals surface area contributed by atoms with Crippen LogP contribution >= 0.6 is 0 Å². The summed E-state index contributed by atoms with van der Waals surface area (Å²) in [4.78, 5) is 0. The molecule has 1 aromatic rings. The first-order valence-electron chi connectivity index (χ1n) is 8.24. The number of methoxy groups -OCH3 is 1. The third kappa shape index (κ3) is 4.20. The van der Waals surface area contributed by atoms with E-state index in [9.17, 15) is 0 Å². The lowest BCUT2D eigenvalue weighted by molar-refractivity contribution is 0.00839. The Morgan fingerprint density at radius 3 is 2.95 bits per heavy atom. The second kappa shape index (κ2) is 8.39. The Morgan fingerprint density at radius 2 is 2.33 bits per heavy atom.